The van der Waals surface area contributed by atoms with Crippen molar-refractivity contribution in [3.8, 4) is 5.75 Å². The molecule has 114 valence electrons. The number of hydrogen-bond acceptors (Lipinski definition) is 3. The molecular weight excluding hydrogens is 248 g/mol. The number of nitrogens with zero attached hydrogens (tertiary/aromatic N) is 1. The Balaban J connectivity index is 1.98. The summed E-state index contributed by atoms with van der Waals surface area (Å²) in [5.41, 5.74) is 1.05. The van der Waals surface area contributed by atoms with Gasteiger partial charge in [-0.15, -0.1) is 0 Å². The molecule has 0 saturated carbocycles. The quantitative estimate of drug-likeness (QED) is 0.578. The summed E-state index contributed by atoms with van der Waals surface area (Å²) in [4.78, 5) is 4.34. The minimum Gasteiger partial charge on any atom is -0.492 e. The van der Waals surface area contributed by atoms with Crippen LogP contribution in [0.5, 0.6) is 5.75 Å². The maximum absolute atomic E-state index is 5.70. The van der Waals surface area contributed by atoms with Gasteiger partial charge in [-0.3, -0.25) is 4.98 Å². The minimum absolute atomic E-state index is 0.804. The van der Waals surface area contributed by atoms with E-state index < -0.39 is 0 Å². The van der Waals surface area contributed by atoms with Crippen LogP contribution in [0.2, 0.25) is 0 Å². The average molecular weight is 278 g/mol. The molecule has 1 aromatic rings. The van der Waals surface area contributed by atoms with Crippen molar-refractivity contribution in [2.45, 2.75) is 64.8 Å². The molecule has 0 fully saturated rings. The molecule has 0 aliphatic heterocycles. The number of rotatable bonds is 12. The van der Waals surface area contributed by atoms with E-state index in [1.165, 1.54) is 44.9 Å². The molecule has 0 spiro atoms. The lowest BCUT2D eigenvalue weighted by molar-refractivity contribution is 0.303. The third-order valence-corrected chi connectivity index (χ3v) is 3.42. The fourth-order valence-corrected chi connectivity index (χ4v) is 2.21. The number of aromatic nitrogens is 1. The van der Waals surface area contributed by atoms with Gasteiger partial charge < -0.3 is 10.1 Å². The summed E-state index contributed by atoms with van der Waals surface area (Å²) < 4.78 is 5.70. The lowest BCUT2D eigenvalue weighted by atomic mass is 10.1. The summed E-state index contributed by atoms with van der Waals surface area (Å²) in [6.45, 7) is 3.87. The molecule has 3 nitrogen and oxygen atoms in total. The van der Waals surface area contributed by atoms with Crippen LogP contribution in [-0.4, -0.2) is 18.6 Å². The second-order valence-corrected chi connectivity index (χ2v) is 5.34. The fraction of sp³-hybridized carbons (Fsp3) is 0.706. The van der Waals surface area contributed by atoms with Gasteiger partial charge in [0, 0.05) is 6.54 Å². The molecule has 0 unspecified atom stereocenters. The van der Waals surface area contributed by atoms with Crippen LogP contribution in [0.1, 0.15) is 64.0 Å². The molecule has 0 saturated heterocycles. The van der Waals surface area contributed by atoms with Gasteiger partial charge in [-0.25, -0.2) is 0 Å². The smallest absolute Gasteiger partial charge is 0.137 e. The predicted octanol–water partition coefficient (Wildman–Crippen LogP) is 4.32. The van der Waals surface area contributed by atoms with Crippen molar-refractivity contribution in [1.82, 2.24) is 10.3 Å². The normalized spacial score (nSPS) is 10.7. The largest absolute Gasteiger partial charge is 0.492 e. The lowest BCUT2D eigenvalue weighted by Crippen LogP contribution is -2.06. The second kappa shape index (κ2) is 11.7. The van der Waals surface area contributed by atoms with Gasteiger partial charge in [0.15, 0.2) is 0 Å². The highest BCUT2D eigenvalue weighted by Gasteiger charge is 1.97. The molecule has 20 heavy (non-hydrogen) atoms. The van der Waals surface area contributed by atoms with Gasteiger partial charge >= 0.3 is 0 Å². The Bertz CT molecular complexity index is 324. The first-order valence-electron chi connectivity index (χ1n) is 8.09. The Kier molecular flexibility index (Phi) is 9.93. The zero-order chi connectivity index (χ0) is 14.5. The van der Waals surface area contributed by atoms with E-state index in [0.717, 1.165) is 31.0 Å². The number of pyridine rings is 1. The van der Waals surface area contributed by atoms with E-state index in [-0.39, 0.29) is 0 Å². The summed E-state index contributed by atoms with van der Waals surface area (Å²) in [5, 5.41) is 3.08. The molecule has 1 aromatic heterocycles. The average Bonchev–Trinajstić information content (AvgIpc) is 2.47. The molecule has 0 atom stereocenters. The molecule has 0 aliphatic rings. The Morgan fingerprint density at radius 3 is 2.30 bits per heavy atom. The molecule has 0 radical (unpaired) electrons. The molecule has 1 rings (SSSR count). The van der Waals surface area contributed by atoms with Gasteiger partial charge in [0.05, 0.1) is 18.5 Å². The monoisotopic (exact) mass is 278 g/mol. The molecule has 0 aliphatic carbocycles. The Labute approximate surface area is 124 Å². The molecule has 1 heterocycles. The van der Waals surface area contributed by atoms with Crippen LogP contribution in [-0.2, 0) is 6.54 Å². The zero-order valence-corrected chi connectivity index (χ0v) is 13.2. The Hall–Kier alpha value is -1.09. The van der Waals surface area contributed by atoms with Crippen LogP contribution in [0, 0.1) is 0 Å². The highest BCUT2D eigenvalue weighted by molar-refractivity contribution is 5.19. The van der Waals surface area contributed by atoms with Crippen molar-refractivity contribution in [3.05, 3.63) is 24.0 Å². The van der Waals surface area contributed by atoms with Gasteiger partial charge in [0.1, 0.15) is 5.75 Å². The van der Waals surface area contributed by atoms with Gasteiger partial charge in [-0.05, 0) is 25.6 Å². The first-order chi connectivity index (χ1) is 9.86. The van der Waals surface area contributed by atoms with Gasteiger partial charge in [0.25, 0.3) is 0 Å². The summed E-state index contributed by atoms with van der Waals surface area (Å²) in [6, 6.07) is 4.02. The summed E-state index contributed by atoms with van der Waals surface area (Å²) in [5.74, 6) is 0.882. The zero-order valence-electron chi connectivity index (χ0n) is 13.2. The van der Waals surface area contributed by atoms with Gasteiger partial charge in [-0.2, -0.15) is 0 Å². The Morgan fingerprint density at radius 2 is 1.70 bits per heavy atom. The number of nitrogens with one attached hydrogen (secondary N) is 1. The van der Waals surface area contributed by atoms with Crippen molar-refractivity contribution < 1.29 is 4.74 Å². The van der Waals surface area contributed by atoms with Crippen LogP contribution in [0.15, 0.2) is 18.3 Å². The van der Waals surface area contributed by atoms with Gasteiger partial charge in [0.2, 0.25) is 0 Å². The standard InChI is InChI=1S/C17H30N2O/c1-3-4-5-6-7-8-9-10-13-20-17-12-11-16(14-18-2)19-15-17/h11-12,15,18H,3-10,13-14H2,1-2H3. The topological polar surface area (TPSA) is 34.1 Å². The number of unbranched alkanes of at least 4 members (excludes halogenated alkanes) is 7. The van der Waals surface area contributed by atoms with Crippen LogP contribution in [0.25, 0.3) is 0 Å². The van der Waals surface area contributed by atoms with Crippen LogP contribution in [0.4, 0.5) is 0 Å². The van der Waals surface area contributed by atoms with E-state index >= 15 is 0 Å². The summed E-state index contributed by atoms with van der Waals surface area (Å²) in [6.07, 6.45) is 12.5. The van der Waals surface area contributed by atoms with E-state index in [1.54, 1.807) is 0 Å². The predicted molar refractivity (Wildman–Crippen MR) is 85.1 cm³/mol. The van der Waals surface area contributed by atoms with Crippen molar-refractivity contribution in [2.75, 3.05) is 13.7 Å². The molecular formula is C17H30N2O. The van der Waals surface area contributed by atoms with Crippen molar-refractivity contribution in [2.24, 2.45) is 0 Å². The van der Waals surface area contributed by atoms with Crippen LogP contribution < -0.4 is 10.1 Å². The van der Waals surface area contributed by atoms with E-state index in [2.05, 4.69) is 17.2 Å². The maximum Gasteiger partial charge on any atom is 0.137 e. The molecule has 0 bridgehead atoms. The van der Waals surface area contributed by atoms with E-state index in [4.69, 9.17) is 4.74 Å². The maximum atomic E-state index is 5.70. The number of hydrogen-bond donors (Lipinski definition) is 1. The third-order valence-electron chi connectivity index (χ3n) is 3.42. The third kappa shape index (κ3) is 8.16. The van der Waals surface area contributed by atoms with Gasteiger partial charge in [-0.1, -0.05) is 51.9 Å². The Morgan fingerprint density at radius 1 is 1.00 bits per heavy atom. The first kappa shape index (κ1) is 17.0. The van der Waals surface area contributed by atoms with Crippen LogP contribution in [0.3, 0.4) is 0 Å². The summed E-state index contributed by atoms with van der Waals surface area (Å²) >= 11 is 0. The SMILES string of the molecule is CCCCCCCCCCOc1ccc(CNC)nc1. The van der Waals surface area contributed by atoms with Crippen molar-refractivity contribution >= 4 is 0 Å². The molecule has 0 amide bonds. The van der Waals surface area contributed by atoms with E-state index in [1.807, 2.05) is 25.4 Å². The van der Waals surface area contributed by atoms with E-state index in [9.17, 15) is 0 Å². The summed E-state index contributed by atoms with van der Waals surface area (Å²) in [7, 11) is 1.92. The molecule has 3 heteroatoms. The van der Waals surface area contributed by atoms with E-state index in [0.29, 0.717) is 0 Å². The fourth-order valence-electron chi connectivity index (χ4n) is 2.21. The molecule has 1 N–H and O–H groups in total. The first-order valence-corrected chi connectivity index (χ1v) is 8.09. The minimum atomic E-state index is 0.804. The highest BCUT2D eigenvalue weighted by atomic mass is 16.5. The highest BCUT2D eigenvalue weighted by Crippen LogP contribution is 2.11. The van der Waals surface area contributed by atoms with Crippen molar-refractivity contribution in [3.63, 3.8) is 0 Å². The lowest BCUT2D eigenvalue weighted by Gasteiger charge is -2.06. The number of ether oxygens (including phenoxy) is 1. The van der Waals surface area contributed by atoms with Crippen LogP contribution >= 0.6 is 0 Å². The molecule has 0 aromatic carbocycles. The second-order valence-electron chi connectivity index (χ2n) is 5.34. The van der Waals surface area contributed by atoms with Crippen molar-refractivity contribution in [1.29, 1.82) is 0 Å².